The number of nitrogens with zero attached hydrogens (tertiary/aromatic N) is 3. The van der Waals surface area contributed by atoms with Gasteiger partial charge in [-0.25, -0.2) is 19.4 Å². The van der Waals surface area contributed by atoms with E-state index in [9.17, 15) is 19.5 Å². The predicted molar refractivity (Wildman–Crippen MR) is 181 cm³/mol. The van der Waals surface area contributed by atoms with Gasteiger partial charge in [0.2, 0.25) is 0 Å². The Morgan fingerprint density at radius 1 is 0.936 bits per heavy atom. The van der Waals surface area contributed by atoms with Crippen LogP contribution in [0.3, 0.4) is 0 Å². The largest absolute Gasteiger partial charge is 0.478 e. The quantitative estimate of drug-likeness (QED) is 0.130. The first-order valence-electron chi connectivity index (χ1n) is 15.4. The lowest BCUT2D eigenvalue weighted by Crippen LogP contribution is -2.56. The Morgan fingerprint density at radius 3 is 2.13 bits per heavy atom. The molecular formula is C38H37N3O6. The molecule has 1 N–H and O–H groups in total. The van der Waals surface area contributed by atoms with Crippen molar-refractivity contribution in [1.29, 1.82) is 0 Å². The van der Waals surface area contributed by atoms with E-state index < -0.39 is 17.5 Å². The van der Waals surface area contributed by atoms with Gasteiger partial charge in [0.05, 0.1) is 17.2 Å². The number of carboxylic acid groups (broad SMARTS) is 1. The summed E-state index contributed by atoms with van der Waals surface area (Å²) in [5, 5.41) is 9.96. The molecular weight excluding hydrogens is 594 g/mol. The zero-order valence-electron chi connectivity index (χ0n) is 26.9. The zero-order valence-corrected chi connectivity index (χ0v) is 26.9. The number of amides is 1. The molecule has 0 saturated carbocycles. The van der Waals surface area contributed by atoms with Crippen LogP contribution in [-0.2, 0) is 4.74 Å². The first-order chi connectivity index (χ1) is 22.5. The van der Waals surface area contributed by atoms with Crippen LogP contribution in [-0.4, -0.2) is 64.3 Å². The summed E-state index contributed by atoms with van der Waals surface area (Å²) in [6, 6.07) is 23.1. The number of rotatable bonds is 7. The number of pyridine rings is 1. The summed E-state index contributed by atoms with van der Waals surface area (Å²) in [5.74, 6) is 2.02. The molecule has 240 valence electrons. The van der Waals surface area contributed by atoms with E-state index in [2.05, 4.69) is 15.8 Å². The summed E-state index contributed by atoms with van der Waals surface area (Å²) in [6.45, 7) is 9.14. The molecule has 1 saturated heterocycles. The van der Waals surface area contributed by atoms with Crippen LogP contribution in [0, 0.1) is 12.3 Å². The molecule has 0 spiro atoms. The lowest BCUT2D eigenvalue weighted by Gasteiger charge is -2.42. The highest BCUT2D eigenvalue weighted by Crippen LogP contribution is 2.31. The van der Waals surface area contributed by atoms with Gasteiger partial charge in [-0.15, -0.1) is 6.42 Å². The maximum Gasteiger partial charge on any atom is 0.410 e. The molecule has 0 bridgehead atoms. The van der Waals surface area contributed by atoms with Crippen molar-refractivity contribution in [1.82, 2.24) is 9.88 Å². The first-order valence-corrected chi connectivity index (χ1v) is 15.4. The fourth-order valence-electron chi connectivity index (χ4n) is 5.43. The molecule has 4 aromatic rings. The van der Waals surface area contributed by atoms with Gasteiger partial charge in [-0.1, -0.05) is 49.2 Å². The molecule has 1 aliphatic rings. The lowest BCUT2D eigenvalue weighted by molar-refractivity contribution is 0.0136. The molecule has 1 unspecified atom stereocenters. The molecule has 1 aromatic heterocycles. The number of esters is 1. The number of carboxylic acids is 1. The minimum absolute atomic E-state index is 0.0716. The maximum atomic E-state index is 12.8. The fraction of sp³-hybridized carbons (Fsp3) is 0.263. The van der Waals surface area contributed by atoms with Crippen molar-refractivity contribution in [2.24, 2.45) is 0 Å². The number of hydrogen-bond donors (Lipinski definition) is 1. The van der Waals surface area contributed by atoms with Crippen molar-refractivity contribution in [3.8, 4) is 40.3 Å². The lowest BCUT2D eigenvalue weighted by atomic mass is 9.97. The van der Waals surface area contributed by atoms with E-state index in [4.69, 9.17) is 15.9 Å². The maximum absolute atomic E-state index is 12.8. The molecule has 3 aromatic carbocycles. The first kappa shape index (κ1) is 32.8. The summed E-state index contributed by atoms with van der Waals surface area (Å²) in [7, 11) is 0. The minimum atomic E-state index is -1.07. The van der Waals surface area contributed by atoms with E-state index in [0.29, 0.717) is 47.9 Å². The van der Waals surface area contributed by atoms with E-state index in [1.54, 1.807) is 47.4 Å². The van der Waals surface area contributed by atoms with Crippen LogP contribution in [0.25, 0.3) is 22.3 Å². The number of ether oxygens (including phenoxy) is 2. The Hall–Kier alpha value is -5.62. The minimum Gasteiger partial charge on any atom is -0.478 e. The number of hydrogen-bond acceptors (Lipinski definition) is 7. The normalized spacial score (nSPS) is 14.7. The molecule has 1 amide bonds. The molecule has 1 aliphatic heterocycles. The number of piperazine rings is 1. The van der Waals surface area contributed by atoms with Gasteiger partial charge in [-0.2, -0.15) is 0 Å². The van der Waals surface area contributed by atoms with Crippen molar-refractivity contribution in [3.05, 3.63) is 102 Å². The number of benzene rings is 3. The molecule has 1 atom stereocenters. The second-order valence-electron chi connectivity index (χ2n) is 12.3. The number of terminal acetylenes is 1. The van der Waals surface area contributed by atoms with Crippen LogP contribution in [0.5, 0.6) is 5.75 Å². The highest BCUT2D eigenvalue weighted by Gasteiger charge is 2.33. The third-order valence-electron chi connectivity index (χ3n) is 7.91. The third-order valence-corrected chi connectivity index (χ3v) is 7.91. The van der Waals surface area contributed by atoms with Crippen molar-refractivity contribution in [2.75, 3.05) is 24.5 Å². The topological polar surface area (TPSA) is 109 Å². The van der Waals surface area contributed by atoms with E-state index in [0.717, 1.165) is 23.1 Å². The molecule has 47 heavy (non-hydrogen) atoms. The molecule has 2 heterocycles. The van der Waals surface area contributed by atoms with Gasteiger partial charge >= 0.3 is 18.0 Å². The molecule has 0 radical (unpaired) electrons. The standard InChI is InChI=1S/C38H37N3O6/c1-6-25-8-10-29(11-9-25)36(44)46-31-18-16-27(17-19-31)26-12-14-28(15-13-26)32-22-34(39-23-33(32)35(42)43)40-20-21-41(30(7-2)24-40)37(45)47-38(3,4)5/h1,8-19,22-23,30H,7,20-21,24H2,2-5H3,(H,42,43). The second-order valence-corrected chi connectivity index (χ2v) is 12.3. The Balaban J connectivity index is 1.31. The average molecular weight is 632 g/mol. The Labute approximate surface area is 274 Å². The predicted octanol–water partition coefficient (Wildman–Crippen LogP) is 7.15. The van der Waals surface area contributed by atoms with E-state index in [1.165, 1.54) is 6.20 Å². The van der Waals surface area contributed by atoms with Crippen LogP contribution in [0.4, 0.5) is 10.6 Å². The number of aromatic nitrogens is 1. The van der Waals surface area contributed by atoms with Crippen molar-refractivity contribution < 1.29 is 29.0 Å². The number of carbonyl (C=O) groups excluding carboxylic acids is 2. The van der Waals surface area contributed by atoms with Gasteiger partial charge in [-0.3, -0.25) is 0 Å². The van der Waals surface area contributed by atoms with Crippen molar-refractivity contribution in [2.45, 2.75) is 45.8 Å². The summed E-state index contributed by atoms with van der Waals surface area (Å²) in [6.07, 6.45) is 7.18. The zero-order chi connectivity index (χ0) is 33.7. The molecule has 1 fully saturated rings. The van der Waals surface area contributed by atoms with E-state index in [-0.39, 0.29) is 17.7 Å². The number of anilines is 1. The fourth-order valence-corrected chi connectivity index (χ4v) is 5.43. The second kappa shape index (κ2) is 13.8. The smallest absolute Gasteiger partial charge is 0.410 e. The molecule has 5 rings (SSSR count). The summed E-state index contributed by atoms with van der Waals surface area (Å²) < 4.78 is 11.1. The highest BCUT2D eigenvalue weighted by molar-refractivity contribution is 5.96. The summed E-state index contributed by atoms with van der Waals surface area (Å²) in [5.41, 5.74) is 3.69. The van der Waals surface area contributed by atoms with Crippen LogP contribution in [0.1, 0.15) is 60.4 Å². The SMILES string of the molecule is C#Cc1ccc(C(=O)Oc2ccc(-c3ccc(-c4cc(N5CCN(C(=O)OC(C)(C)C)C(CC)C5)ncc4C(=O)O)cc3)cc2)cc1. The molecule has 9 nitrogen and oxygen atoms in total. The monoisotopic (exact) mass is 631 g/mol. The number of aromatic carboxylic acids is 1. The molecule has 0 aliphatic carbocycles. The summed E-state index contributed by atoms with van der Waals surface area (Å²) in [4.78, 5) is 45.9. The van der Waals surface area contributed by atoms with Gasteiger partial charge in [0.1, 0.15) is 17.2 Å². The van der Waals surface area contributed by atoms with Gasteiger partial charge in [-0.05, 0) is 86.3 Å². The van der Waals surface area contributed by atoms with Gasteiger partial charge in [0, 0.05) is 37.0 Å². The van der Waals surface area contributed by atoms with Crippen molar-refractivity contribution in [3.63, 3.8) is 0 Å². The van der Waals surface area contributed by atoms with Gasteiger partial charge in [0.25, 0.3) is 0 Å². The van der Waals surface area contributed by atoms with Crippen LogP contribution < -0.4 is 9.64 Å². The van der Waals surface area contributed by atoms with Crippen LogP contribution in [0.15, 0.2) is 85.1 Å². The average Bonchev–Trinajstić information content (AvgIpc) is 3.07. The molecule has 9 heteroatoms. The van der Waals surface area contributed by atoms with Gasteiger partial charge in [0.15, 0.2) is 0 Å². The highest BCUT2D eigenvalue weighted by atomic mass is 16.6. The van der Waals surface area contributed by atoms with Crippen molar-refractivity contribution >= 4 is 23.8 Å². The van der Waals surface area contributed by atoms with Gasteiger partial charge < -0.3 is 24.4 Å². The third kappa shape index (κ3) is 7.79. The Morgan fingerprint density at radius 2 is 1.55 bits per heavy atom. The Kier molecular flexibility index (Phi) is 9.62. The van der Waals surface area contributed by atoms with Crippen LogP contribution in [0.2, 0.25) is 0 Å². The summed E-state index contributed by atoms with van der Waals surface area (Å²) >= 11 is 0. The number of carbonyl (C=O) groups is 3. The van der Waals surface area contributed by atoms with Crippen LogP contribution >= 0.6 is 0 Å². The van der Waals surface area contributed by atoms with E-state index in [1.807, 2.05) is 64.1 Å². The van der Waals surface area contributed by atoms with E-state index >= 15 is 0 Å². The Bertz CT molecular complexity index is 1800.